The molecule has 0 radical (unpaired) electrons. The average Bonchev–Trinajstić information content (AvgIpc) is 2.08. The highest BCUT2D eigenvalue weighted by molar-refractivity contribution is 7.92. The number of anilines is 1. The molecule has 0 atom stereocenters. The minimum Gasteiger partial charge on any atom is -0.505 e. The Kier molecular flexibility index (Phi) is 3.71. The molecule has 5 heteroatoms. The van der Waals surface area contributed by atoms with Gasteiger partial charge in [0.05, 0.1) is 11.4 Å². The smallest absolute Gasteiger partial charge is 0.233 e. The summed E-state index contributed by atoms with van der Waals surface area (Å²) in [6, 6.07) is 4.96. The van der Waals surface area contributed by atoms with Crippen molar-refractivity contribution in [2.75, 3.05) is 10.5 Å². The zero-order valence-electron chi connectivity index (χ0n) is 10.6. The molecule has 0 amide bonds. The summed E-state index contributed by atoms with van der Waals surface area (Å²) < 4.78 is 26.1. The quantitative estimate of drug-likeness (QED) is 0.817. The average molecular weight is 257 g/mol. The predicted octanol–water partition coefficient (Wildman–Crippen LogP) is 2.49. The maximum absolute atomic E-state index is 11.9. The van der Waals surface area contributed by atoms with Crippen molar-refractivity contribution in [1.29, 1.82) is 0 Å². The van der Waals surface area contributed by atoms with Crippen molar-refractivity contribution >= 4 is 15.7 Å². The number of phenols is 1. The summed E-state index contributed by atoms with van der Waals surface area (Å²) in [4.78, 5) is 0. The Balaban J connectivity index is 2.95. The summed E-state index contributed by atoms with van der Waals surface area (Å²) in [5, 5.41) is 9.73. The van der Waals surface area contributed by atoms with Crippen LogP contribution in [0.1, 0.15) is 26.3 Å². The van der Waals surface area contributed by atoms with Gasteiger partial charge >= 0.3 is 0 Å². The molecule has 0 saturated carbocycles. The molecule has 0 unspecified atom stereocenters. The second-order valence-electron chi connectivity index (χ2n) is 5.39. The molecule has 96 valence electrons. The van der Waals surface area contributed by atoms with Crippen LogP contribution in [0.15, 0.2) is 18.2 Å². The molecule has 1 aromatic rings. The van der Waals surface area contributed by atoms with Crippen LogP contribution in [0.25, 0.3) is 0 Å². The van der Waals surface area contributed by atoms with E-state index in [9.17, 15) is 13.5 Å². The van der Waals surface area contributed by atoms with Crippen LogP contribution in [-0.4, -0.2) is 19.3 Å². The summed E-state index contributed by atoms with van der Waals surface area (Å²) in [5.41, 5.74) is 0.542. The number of aromatic hydroxyl groups is 1. The number of sulfonamides is 1. The fourth-order valence-electron chi connectivity index (χ4n) is 1.51. The molecular formula is C12H19NO3S. The van der Waals surface area contributed by atoms with Crippen LogP contribution < -0.4 is 4.72 Å². The lowest BCUT2D eigenvalue weighted by Gasteiger charge is -2.19. The molecule has 0 aliphatic heterocycles. The van der Waals surface area contributed by atoms with Gasteiger partial charge in [-0.1, -0.05) is 32.9 Å². The van der Waals surface area contributed by atoms with Crippen molar-refractivity contribution in [1.82, 2.24) is 0 Å². The molecule has 0 saturated heterocycles. The summed E-state index contributed by atoms with van der Waals surface area (Å²) in [6.07, 6.45) is 0. The van der Waals surface area contributed by atoms with Crippen LogP contribution in [0.4, 0.5) is 5.69 Å². The first-order valence-electron chi connectivity index (χ1n) is 5.40. The fraction of sp³-hybridized carbons (Fsp3) is 0.500. The maximum atomic E-state index is 11.9. The number of nitrogens with one attached hydrogen (secondary N) is 1. The molecule has 0 spiro atoms. The third-order valence-corrected chi connectivity index (χ3v) is 3.90. The molecule has 1 aromatic carbocycles. The summed E-state index contributed by atoms with van der Waals surface area (Å²) in [7, 11) is -3.44. The second-order valence-corrected chi connectivity index (χ2v) is 7.12. The van der Waals surface area contributed by atoms with Gasteiger partial charge in [0, 0.05) is 0 Å². The van der Waals surface area contributed by atoms with Crippen molar-refractivity contribution in [3.63, 3.8) is 0 Å². The van der Waals surface area contributed by atoms with Crippen LogP contribution in [0.5, 0.6) is 5.75 Å². The Morgan fingerprint density at radius 1 is 1.29 bits per heavy atom. The van der Waals surface area contributed by atoms with Crippen molar-refractivity contribution < 1.29 is 13.5 Å². The van der Waals surface area contributed by atoms with Crippen LogP contribution in [-0.2, 0) is 10.0 Å². The van der Waals surface area contributed by atoms with E-state index in [4.69, 9.17) is 0 Å². The van der Waals surface area contributed by atoms with Gasteiger partial charge in [-0.15, -0.1) is 0 Å². The van der Waals surface area contributed by atoms with Gasteiger partial charge in [0.1, 0.15) is 5.75 Å². The first-order valence-corrected chi connectivity index (χ1v) is 7.05. The molecule has 17 heavy (non-hydrogen) atoms. The highest BCUT2D eigenvalue weighted by Gasteiger charge is 2.22. The standard InChI is InChI=1S/C12H19NO3S/c1-9-6-5-7-10(11(9)14)13-17(15,16)8-12(2,3)4/h5-7,13-14H,8H2,1-4H3. The van der Waals surface area contributed by atoms with Crippen molar-refractivity contribution in [2.24, 2.45) is 5.41 Å². The van der Waals surface area contributed by atoms with E-state index in [1.807, 2.05) is 20.8 Å². The van der Waals surface area contributed by atoms with Gasteiger partial charge in [-0.25, -0.2) is 8.42 Å². The van der Waals surface area contributed by atoms with E-state index in [0.29, 0.717) is 5.56 Å². The van der Waals surface area contributed by atoms with E-state index >= 15 is 0 Å². The van der Waals surface area contributed by atoms with Gasteiger partial charge in [-0.2, -0.15) is 0 Å². The molecule has 1 rings (SSSR count). The van der Waals surface area contributed by atoms with Crippen LogP contribution >= 0.6 is 0 Å². The Hall–Kier alpha value is -1.23. The lowest BCUT2D eigenvalue weighted by molar-refractivity contribution is 0.461. The molecule has 2 N–H and O–H groups in total. The number of benzene rings is 1. The van der Waals surface area contributed by atoms with Gasteiger partial charge in [0.15, 0.2) is 0 Å². The van der Waals surface area contributed by atoms with Crippen molar-refractivity contribution in [2.45, 2.75) is 27.7 Å². The molecule has 0 bridgehead atoms. The molecule has 0 aromatic heterocycles. The number of aryl methyl sites for hydroxylation is 1. The Morgan fingerprint density at radius 2 is 1.88 bits per heavy atom. The lowest BCUT2D eigenvalue weighted by Crippen LogP contribution is -2.26. The topological polar surface area (TPSA) is 66.4 Å². The lowest BCUT2D eigenvalue weighted by atomic mass is 10.0. The Morgan fingerprint density at radius 3 is 2.41 bits per heavy atom. The zero-order valence-corrected chi connectivity index (χ0v) is 11.4. The van der Waals surface area contributed by atoms with Gasteiger partial charge < -0.3 is 5.11 Å². The van der Waals surface area contributed by atoms with Gasteiger partial charge in [0.25, 0.3) is 0 Å². The van der Waals surface area contributed by atoms with Crippen molar-refractivity contribution in [3.8, 4) is 5.75 Å². The van der Waals surface area contributed by atoms with Crippen LogP contribution in [0.2, 0.25) is 0 Å². The first-order chi connectivity index (χ1) is 7.61. The van der Waals surface area contributed by atoms with E-state index in [-0.39, 0.29) is 22.6 Å². The summed E-state index contributed by atoms with van der Waals surface area (Å²) in [5.74, 6) is -0.0158. The van der Waals surface area contributed by atoms with E-state index < -0.39 is 10.0 Å². The number of para-hydroxylation sites is 1. The van der Waals surface area contributed by atoms with E-state index in [0.717, 1.165) is 0 Å². The fourth-order valence-corrected chi connectivity index (χ4v) is 3.23. The SMILES string of the molecule is Cc1cccc(NS(=O)(=O)CC(C)(C)C)c1O. The highest BCUT2D eigenvalue weighted by atomic mass is 32.2. The Labute approximate surface area is 103 Å². The van der Waals surface area contributed by atoms with Gasteiger partial charge in [0.2, 0.25) is 10.0 Å². The third-order valence-electron chi connectivity index (χ3n) is 2.13. The molecule has 4 nitrogen and oxygen atoms in total. The maximum Gasteiger partial charge on any atom is 0.233 e. The number of hydrogen-bond donors (Lipinski definition) is 2. The molecule has 0 heterocycles. The largest absolute Gasteiger partial charge is 0.505 e. The summed E-state index contributed by atoms with van der Waals surface area (Å²) in [6.45, 7) is 7.27. The van der Waals surface area contributed by atoms with Crippen LogP contribution in [0.3, 0.4) is 0 Å². The minimum atomic E-state index is -3.44. The number of rotatable bonds is 3. The first kappa shape index (κ1) is 13.8. The van der Waals surface area contributed by atoms with Crippen LogP contribution in [0, 0.1) is 12.3 Å². The normalized spacial score (nSPS) is 12.5. The predicted molar refractivity (Wildman–Crippen MR) is 69.7 cm³/mol. The third kappa shape index (κ3) is 4.26. The van der Waals surface area contributed by atoms with Gasteiger partial charge in [-0.3, -0.25) is 4.72 Å². The van der Waals surface area contributed by atoms with E-state index in [1.54, 1.807) is 25.1 Å². The summed E-state index contributed by atoms with van der Waals surface area (Å²) >= 11 is 0. The number of hydrogen-bond acceptors (Lipinski definition) is 3. The minimum absolute atomic E-state index is 0.00732. The second kappa shape index (κ2) is 4.56. The molecular weight excluding hydrogens is 238 g/mol. The van der Waals surface area contributed by atoms with Gasteiger partial charge in [-0.05, 0) is 24.0 Å². The van der Waals surface area contributed by atoms with Crippen molar-refractivity contribution in [3.05, 3.63) is 23.8 Å². The number of phenolic OH excluding ortho intramolecular Hbond substituents is 1. The molecule has 0 aliphatic rings. The Bertz CT molecular complexity index is 501. The van der Waals surface area contributed by atoms with E-state index in [1.165, 1.54) is 0 Å². The zero-order chi connectivity index (χ0) is 13.3. The molecule has 0 aliphatic carbocycles. The molecule has 0 fully saturated rings. The van der Waals surface area contributed by atoms with E-state index in [2.05, 4.69) is 4.72 Å². The monoisotopic (exact) mass is 257 g/mol. The highest BCUT2D eigenvalue weighted by Crippen LogP contribution is 2.28.